The third-order valence-corrected chi connectivity index (χ3v) is 14.1. The average molecular weight is 923 g/mol. The lowest BCUT2D eigenvalue weighted by Crippen LogP contribution is -2.11. The van der Waals surface area contributed by atoms with Crippen molar-refractivity contribution in [3.63, 3.8) is 0 Å². The Morgan fingerprint density at radius 2 is 0.750 bits per heavy atom. The number of benzene rings is 11. The third-order valence-electron chi connectivity index (χ3n) is 14.1. The highest BCUT2D eigenvalue weighted by atomic mass is 16.3. The number of nitriles is 2. The van der Waals surface area contributed by atoms with Crippen LogP contribution in [0.1, 0.15) is 22.3 Å². The summed E-state index contributed by atoms with van der Waals surface area (Å²) in [4.78, 5) is 4.58. The summed E-state index contributed by atoms with van der Waals surface area (Å²) in [5, 5.41) is 28.6. The van der Waals surface area contributed by atoms with Crippen LogP contribution in [0.2, 0.25) is 0 Å². The molecule has 0 N–H and O–H groups in total. The molecule has 2 aromatic heterocycles. The molecule has 2 heterocycles. The van der Waals surface area contributed by atoms with E-state index in [4.69, 9.17) is 8.83 Å². The van der Waals surface area contributed by atoms with E-state index in [9.17, 15) is 10.5 Å². The highest BCUT2D eigenvalue weighted by molar-refractivity contribution is 6.24. The second-order valence-electron chi connectivity index (χ2n) is 18.4. The van der Waals surface area contributed by atoms with Gasteiger partial charge in [-0.3, -0.25) is 0 Å². The predicted molar refractivity (Wildman–Crippen MR) is 295 cm³/mol. The van der Waals surface area contributed by atoms with Crippen molar-refractivity contribution in [1.29, 1.82) is 10.5 Å². The van der Waals surface area contributed by atoms with Gasteiger partial charge in [0.1, 0.15) is 28.9 Å². The molecule has 0 unspecified atom stereocenters. The van der Waals surface area contributed by atoms with Crippen LogP contribution in [-0.2, 0) is 0 Å². The van der Waals surface area contributed by atoms with Crippen LogP contribution in [0.15, 0.2) is 227 Å². The Hall–Kier alpha value is -9.88. The van der Waals surface area contributed by atoms with E-state index in [2.05, 4.69) is 218 Å². The van der Waals surface area contributed by atoms with Crippen LogP contribution in [0.25, 0.3) is 87.7 Å². The highest BCUT2D eigenvalue weighted by Gasteiger charge is 2.27. The average Bonchev–Trinajstić information content (AvgIpc) is 3.98. The van der Waals surface area contributed by atoms with Gasteiger partial charge >= 0.3 is 0 Å². The van der Waals surface area contributed by atoms with Crippen LogP contribution in [0.5, 0.6) is 0 Å². The van der Waals surface area contributed by atoms with Crippen LogP contribution in [0.4, 0.5) is 34.1 Å². The number of rotatable bonds is 8. The Labute approximate surface area is 415 Å². The molecule has 0 aliphatic heterocycles. The minimum absolute atomic E-state index is 0.258. The summed E-state index contributed by atoms with van der Waals surface area (Å²) in [6, 6.07) is 81.0. The number of aryl methyl sites for hydroxylation is 2. The van der Waals surface area contributed by atoms with Crippen molar-refractivity contribution in [2.75, 3.05) is 9.80 Å². The number of hydrogen-bond donors (Lipinski definition) is 0. The molecule has 0 bridgehead atoms. The van der Waals surface area contributed by atoms with Gasteiger partial charge < -0.3 is 18.6 Å². The zero-order chi connectivity index (χ0) is 48.5. The molecular weight excluding hydrogens is 881 g/mol. The summed E-state index contributed by atoms with van der Waals surface area (Å²) in [6.07, 6.45) is 0. The van der Waals surface area contributed by atoms with Crippen LogP contribution < -0.4 is 9.80 Å². The van der Waals surface area contributed by atoms with E-state index in [0.29, 0.717) is 38.7 Å². The number of furan rings is 2. The molecule has 6 heteroatoms. The maximum Gasteiger partial charge on any atom is 0.158 e. The lowest BCUT2D eigenvalue weighted by Gasteiger charge is -2.28. The van der Waals surface area contributed by atoms with Gasteiger partial charge in [0, 0.05) is 55.7 Å². The Bertz CT molecular complexity index is 4110. The minimum atomic E-state index is 0.258. The molecule has 72 heavy (non-hydrogen) atoms. The molecule has 11 aromatic carbocycles. The Morgan fingerprint density at radius 1 is 0.347 bits per heavy atom. The molecule has 0 saturated heterocycles. The molecule has 0 amide bonds. The van der Waals surface area contributed by atoms with Crippen molar-refractivity contribution in [2.24, 2.45) is 0 Å². The monoisotopic (exact) mass is 922 g/mol. The number of anilines is 6. The second kappa shape index (κ2) is 17.0. The van der Waals surface area contributed by atoms with E-state index >= 15 is 0 Å². The van der Waals surface area contributed by atoms with Gasteiger partial charge in [0.05, 0.1) is 5.56 Å². The van der Waals surface area contributed by atoms with Gasteiger partial charge in [0.25, 0.3) is 0 Å². The lowest BCUT2D eigenvalue weighted by atomic mass is 9.96. The van der Waals surface area contributed by atoms with Gasteiger partial charge in [0.2, 0.25) is 0 Å². The first-order chi connectivity index (χ1) is 35.4. The number of nitrogens with zero attached hydrogens (tertiary/aromatic N) is 4. The van der Waals surface area contributed by atoms with E-state index in [1.165, 1.54) is 0 Å². The van der Waals surface area contributed by atoms with Gasteiger partial charge in [-0.25, -0.2) is 0 Å². The highest BCUT2D eigenvalue weighted by Crippen LogP contribution is 2.47. The summed E-state index contributed by atoms with van der Waals surface area (Å²) in [5.74, 6) is 0. The topological polar surface area (TPSA) is 80.3 Å². The fraction of sp³-hybridized carbons (Fsp3) is 0.0303. The standard InChI is InChI=1S/C66H42N4O2/c1-41-23-25-47(43-15-7-3-8-16-43)35-59(41)69(51-19-11-5-12-20-51)53-29-27-45-33-55-61(37-49(45)31-53)71-65-58(40-68)66-64(57(39-67)63(55)65)56-34-46-28-30-54(32-50(46)38-62(56)72-66)70(52-21-13-6-14-22-52)60-36-48(26-24-42(60)2)44-17-9-4-10-18-44/h3-38H,1-2H3. The Balaban J connectivity index is 0.946. The van der Waals surface area contributed by atoms with Gasteiger partial charge in [-0.2, -0.15) is 10.5 Å². The molecule has 0 saturated carbocycles. The second-order valence-corrected chi connectivity index (χ2v) is 18.4. The summed E-state index contributed by atoms with van der Waals surface area (Å²) >= 11 is 0. The van der Waals surface area contributed by atoms with E-state index in [-0.39, 0.29) is 5.56 Å². The fourth-order valence-corrected chi connectivity index (χ4v) is 10.6. The van der Waals surface area contributed by atoms with Crippen LogP contribution in [0.3, 0.4) is 0 Å². The Morgan fingerprint density at radius 3 is 1.15 bits per heavy atom. The largest absolute Gasteiger partial charge is 0.454 e. The van der Waals surface area contributed by atoms with E-state index in [0.717, 1.165) is 99.8 Å². The first kappa shape index (κ1) is 42.2. The first-order valence-corrected chi connectivity index (χ1v) is 24.0. The quantitative estimate of drug-likeness (QED) is 0.151. The van der Waals surface area contributed by atoms with Crippen LogP contribution >= 0.6 is 0 Å². The summed E-state index contributed by atoms with van der Waals surface area (Å²) < 4.78 is 13.4. The van der Waals surface area contributed by atoms with Crippen molar-refractivity contribution in [3.05, 3.63) is 241 Å². The predicted octanol–water partition coefficient (Wildman–Crippen LogP) is 18.4. The van der Waals surface area contributed by atoms with Crippen LogP contribution in [0, 0.1) is 36.5 Å². The maximum absolute atomic E-state index is 11.1. The molecule has 0 aliphatic rings. The summed E-state index contributed by atoms with van der Waals surface area (Å²) in [6.45, 7) is 4.29. The summed E-state index contributed by atoms with van der Waals surface area (Å²) in [7, 11) is 0. The molecule has 0 atom stereocenters. The van der Waals surface area contributed by atoms with Crippen molar-refractivity contribution < 1.29 is 8.83 Å². The SMILES string of the molecule is Cc1ccc(-c2ccccc2)cc1N(c1ccccc1)c1ccc2cc3c(cc2c1)oc1c(C#N)c2oc4cc5cc(N(c6ccccc6)c6cc(-c7ccccc7)ccc6C)ccc5cc4c2c(C#N)c13. The van der Waals surface area contributed by atoms with Gasteiger partial charge in [-0.05, 0) is 154 Å². The van der Waals surface area contributed by atoms with Gasteiger partial charge in [-0.1, -0.05) is 133 Å². The van der Waals surface area contributed by atoms with Gasteiger partial charge in [-0.15, -0.1) is 0 Å². The molecule has 0 aliphatic carbocycles. The number of para-hydroxylation sites is 2. The smallest absolute Gasteiger partial charge is 0.158 e. The molecular formula is C66H42N4O2. The molecule has 13 aromatic rings. The maximum atomic E-state index is 11.1. The first-order valence-electron chi connectivity index (χ1n) is 24.0. The number of hydrogen-bond acceptors (Lipinski definition) is 6. The van der Waals surface area contributed by atoms with Crippen molar-refractivity contribution in [3.8, 4) is 34.4 Å². The zero-order valence-electron chi connectivity index (χ0n) is 39.4. The molecule has 0 spiro atoms. The molecule has 6 nitrogen and oxygen atoms in total. The van der Waals surface area contributed by atoms with Crippen molar-refractivity contribution in [2.45, 2.75) is 13.8 Å². The van der Waals surface area contributed by atoms with Crippen molar-refractivity contribution >= 4 is 99.5 Å². The normalized spacial score (nSPS) is 11.4. The number of fused-ring (bicyclic) bond motifs is 8. The Kier molecular flexibility index (Phi) is 9.95. The molecule has 13 rings (SSSR count). The fourth-order valence-electron chi connectivity index (χ4n) is 10.6. The van der Waals surface area contributed by atoms with E-state index in [1.54, 1.807) is 0 Å². The lowest BCUT2D eigenvalue weighted by molar-refractivity contribution is 0.654. The van der Waals surface area contributed by atoms with Crippen LogP contribution in [-0.4, -0.2) is 0 Å². The molecule has 0 fully saturated rings. The molecule has 338 valence electrons. The van der Waals surface area contributed by atoms with Gasteiger partial charge in [0.15, 0.2) is 11.2 Å². The zero-order valence-corrected chi connectivity index (χ0v) is 39.4. The molecule has 0 radical (unpaired) electrons. The minimum Gasteiger partial charge on any atom is -0.454 e. The van der Waals surface area contributed by atoms with Crippen molar-refractivity contribution in [1.82, 2.24) is 0 Å². The van der Waals surface area contributed by atoms with E-state index < -0.39 is 0 Å². The summed E-state index contributed by atoms with van der Waals surface area (Å²) in [5.41, 5.74) is 15.5. The van der Waals surface area contributed by atoms with E-state index in [1.807, 2.05) is 36.4 Å². The third kappa shape index (κ3) is 6.93.